The fourth-order valence-electron chi connectivity index (χ4n) is 2.64. The van der Waals surface area contributed by atoms with Gasteiger partial charge in [-0.2, -0.15) is 0 Å². The van der Waals surface area contributed by atoms with E-state index in [1.807, 2.05) is 17.2 Å². The first-order valence-corrected chi connectivity index (χ1v) is 6.32. The van der Waals surface area contributed by atoms with E-state index in [0.717, 1.165) is 18.5 Å². The summed E-state index contributed by atoms with van der Waals surface area (Å²) in [5, 5.41) is 1.24. The summed E-state index contributed by atoms with van der Waals surface area (Å²) in [6.07, 6.45) is 3.33. The molecular weight excluding hydrogens is 226 g/mol. The number of H-pyrrole nitrogens is 1. The maximum absolute atomic E-state index is 11.7. The number of rotatable bonds is 3. The van der Waals surface area contributed by atoms with E-state index in [0.29, 0.717) is 13.0 Å². The number of carbonyl (C=O) groups excluding carboxylic acids is 1. The van der Waals surface area contributed by atoms with Crippen LogP contribution in [-0.4, -0.2) is 34.9 Å². The summed E-state index contributed by atoms with van der Waals surface area (Å²) in [6, 6.07) is 8.33. The van der Waals surface area contributed by atoms with Crippen molar-refractivity contribution < 1.29 is 4.79 Å². The van der Waals surface area contributed by atoms with Crippen molar-refractivity contribution in [1.82, 2.24) is 9.88 Å². The summed E-state index contributed by atoms with van der Waals surface area (Å²) in [4.78, 5) is 16.7. The fraction of sp³-hybridized carbons (Fsp3) is 0.357. The predicted octanol–water partition coefficient (Wildman–Crippen LogP) is 1.27. The highest BCUT2D eigenvalue weighted by molar-refractivity contribution is 5.83. The van der Waals surface area contributed by atoms with E-state index in [9.17, 15) is 4.79 Å². The minimum atomic E-state index is 0.0144. The van der Waals surface area contributed by atoms with Gasteiger partial charge in [0, 0.05) is 42.7 Å². The fourth-order valence-corrected chi connectivity index (χ4v) is 2.64. The third kappa shape index (κ3) is 1.99. The molecule has 1 aliphatic heterocycles. The van der Waals surface area contributed by atoms with Crippen LogP contribution in [0.3, 0.4) is 0 Å². The Morgan fingerprint density at radius 3 is 3.06 bits per heavy atom. The molecule has 3 N–H and O–H groups in total. The van der Waals surface area contributed by atoms with Gasteiger partial charge in [-0.25, -0.2) is 0 Å². The summed E-state index contributed by atoms with van der Waals surface area (Å²) >= 11 is 0. The molecule has 1 saturated heterocycles. The van der Waals surface area contributed by atoms with Crippen LogP contribution in [-0.2, 0) is 11.2 Å². The monoisotopic (exact) mass is 243 g/mol. The summed E-state index contributed by atoms with van der Waals surface area (Å²) in [5.74, 6) is 0.184. The molecule has 0 spiro atoms. The minimum absolute atomic E-state index is 0.0144. The molecule has 1 aromatic heterocycles. The standard InChI is InChI=1S/C14H17N3O/c15-11-8-14(18)17(9-11)7-5-10-2-1-3-13-12(10)4-6-16-13/h1-4,6,11,16H,5,7-9,15H2. The first-order valence-electron chi connectivity index (χ1n) is 6.32. The van der Waals surface area contributed by atoms with Gasteiger partial charge in [-0.05, 0) is 24.1 Å². The van der Waals surface area contributed by atoms with Crippen molar-refractivity contribution in [2.24, 2.45) is 5.73 Å². The quantitative estimate of drug-likeness (QED) is 0.852. The van der Waals surface area contributed by atoms with Crippen molar-refractivity contribution in [2.75, 3.05) is 13.1 Å². The van der Waals surface area contributed by atoms with Crippen LogP contribution in [0.4, 0.5) is 0 Å². The topological polar surface area (TPSA) is 62.1 Å². The molecule has 4 nitrogen and oxygen atoms in total. The lowest BCUT2D eigenvalue weighted by molar-refractivity contribution is -0.127. The molecule has 0 bridgehead atoms. The number of fused-ring (bicyclic) bond motifs is 1. The molecule has 1 aliphatic rings. The zero-order valence-electron chi connectivity index (χ0n) is 10.2. The largest absolute Gasteiger partial charge is 0.361 e. The predicted molar refractivity (Wildman–Crippen MR) is 71.2 cm³/mol. The molecule has 0 radical (unpaired) electrons. The van der Waals surface area contributed by atoms with Gasteiger partial charge in [-0.1, -0.05) is 12.1 Å². The molecule has 0 saturated carbocycles. The molecule has 2 heterocycles. The number of nitrogens with two attached hydrogens (primary N) is 1. The second kappa shape index (κ2) is 4.46. The molecule has 1 aromatic carbocycles. The lowest BCUT2D eigenvalue weighted by atomic mass is 10.1. The average molecular weight is 243 g/mol. The lowest BCUT2D eigenvalue weighted by Gasteiger charge is -2.16. The van der Waals surface area contributed by atoms with Crippen molar-refractivity contribution in [3.8, 4) is 0 Å². The van der Waals surface area contributed by atoms with Gasteiger partial charge in [0.05, 0.1) is 0 Å². The number of hydrogen-bond donors (Lipinski definition) is 2. The van der Waals surface area contributed by atoms with E-state index in [1.165, 1.54) is 10.9 Å². The number of nitrogens with zero attached hydrogens (tertiary/aromatic N) is 1. The van der Waals surface area contributed by atoms with E-state index in [2.05, 4.69) is 23.2 Å². The highest BCUT2D eigenvalue weighted by Crippen LogP contribution is 2.19. The highest BCUT2D eigenvalue weighted by atomic mass is 16.2. The second-order valence-electron chi connectivity index (χ2n) is 4.91. The number of likely N-dealkylation sites (tertiary alicyclic amines) is 1. The first-order chi connectivity index (χ1) is 8.74. The average Bonchev–Trinajstić information content (AvgIpc) is 2.93. The maximum Gasteiger partial charge on any atom is 0.224 e. The van der Waals surface area contributed by atoms with Gasteiger partial charge >= 0.3 is 0 Å². The molecule has 0 aliphatic carbocycles. The minimum Gasteiger partial charge on any atom is -0.361 e. The summed E-state index contributed by atoms with van der Waals surface area (Å²) in [7, 11) is 0. The van der Waals surface area contributed by atoms with E-state index in [4.69, 9.17) is 5.73 Å². The smallest absolute Gasteiger partial charge is 0.224 e. The van der Waals surface area contributed by atoms with Crippen LogP contribution < -0.4 is 5.73 Å². The molecule has 94 valence electrons. The van der Waals surface area contributed by atoms with Crippen LogP contribution >= 0.6 is 0 Å². The maximum atomic E-state index is 11.7. The molecule has 1 fully saturated rings. The van der Waals surface area contributed by atoms with Gasteiger partial charge in [0.15, 0.2) is 0 Å². The molecule has 2 aromatic rings. The molecule has 1 atom stereocenters. The Bertz CT molecular complexity index is 575. The Hall–Kier alpha value is -1.81. The van der Waals surface area contributed by atoms with Gasteiger partial charge in [0.25, 0.3) is 0 Å². The Kier molecular flexibility index (Phi) is 2.80. The Balaban J connectivity index is 1.73. The second-order valence-corrected chi connectivity index (χ2v) is 4.91. The molecule has 1 amide bonds. The molecule has 18 heavy (non-hydrogen) atoms. The molecule has 1 unspecified atom stereocenters. The van der Waals surface area contributed by atoms with Crippen molar-refractivity contribution in [2.45, 2.75) is 18.9 Å². The summed E-state index contributed by atoms with van der Waals surface area (Å²) in [6.45, 7) is 1.46. The zero-order chi connectivity index (χ0) is 12.5. The first kappa shape index (κ1) is 11.3. The summed E-state index contributed by atoms with van der Waals surface area (Å²) in [5.41, 5.74) is 8.22. The van der Waals surface area contributed by atoms with Crippen molar-refractivity contribution in [1.29, 1.82) is 0 Å². The van der Waals surface area contributed by atoms with Crippen LogP contribution in [0.15, 0.2) is 30.5 Å². The third-order valence-electron chi connectivity index (χ3n) is 3.58. The number of carbonyl (C=O) groups is 1. The number of nitrogens with one attached hydrogen (secondary N) is 1. The Morgan fingerprint density at radius 2 is 2.28 bits per heavy atom. The van der Waals surface area contributed by atoms with Crippen LogP contribution in [0.2, 0.25) is 0 Å². The SMILES string of the molecule is NC1CC(=O)N(CCc2cccc3[nH]ccc23)C1. The number of hydrogen-bond acceptors (Lipinski definition) is 2. The Labute approximate surface area is 106 Å². The molecule has 3 rings (SSSR count). The molecule has 4 heteroatoms. The number of amides is 1. The normalized spacial score (nSPS) is 19.9. The van der Waals surface area contributed by atoms with Crippen molar-refractivity contribution in [3.63, 3.8) is 0 Å². The lowest BCUT2D eigenvalue weighted by Crippen LogP contribution is -2.30. The van der Waals surface area contributed by atoms with Gasteiger partial charge in [-0.3, -0.25) is 4.79 Å². The Morgan fingerprint density at radius 1 is 1.39 bits per heavy atom. The van der Waals surface area contributed by atoms with Gasteiger partial charge in [-0.15, -0.1) is 0 Å². The van der Waals surface area contributed by atoms with Crippen molar-refractivity contribution in [3.05, 3.63) is 36.0 Å². The van der Waals surface area contributed by atoms with E-state index < -0.39 is 0 Å². The van der Waals surface area contributed by atoms with Crippen LogP contribution in [0.25, 0.3) is 10.9 Å². The number of aromatic nitrogens is 1. The van der Waals surface area contributed by atoms with Crippen molar-refractivity contribution >= 4 is 16.8 Å². The zero-order valence-corrected chi connectivity index (χ0v) is 10.2. The number of aromatic amines is 1. The van der Waals surface area contributed by atoms with E-state index in [1.54, 1.807) is 0 Å². The van der Waals surface area contributed by atoms with Gasteiger partial charge in [0.2, 0.25) is 5.91 Å². The van der Waals surface area contributed by atoms with E-state index in [-0.39, 0.29) is 11.9 Å². The highest BCUT2D eigenvalue weighted by Gasteiger charge is 2.26. The number of benzene rings is 1. The van der Waals surface area contributed by atoms with Crippen LogP contribution in [0.1, 0.15) is 12.0 Å². The molecular formula is C14H17N3O. The van der Waals surface area contributed by atoms with Crippen LogP contribution in [0, 0.1) is 0 Å². The summed E-state index contributed by atoms with van der Waals surface area (Å²) < 4.78 is 0. The van der Waals surface area contributed by atoms with Crippen LogP contribution in [0.5, 0.6) is 0 Å². The van der Waals surface area contributed by atoms with E-state index >= 15 is 0 Å². The van der Waals surface area contributed by atoms with Gasteiger partial charge < -0.3 is 15.6 Å². The van der Waals surface area contributed by atoms with Gasteiger partial charge in [0.1, 0.15) is 0 Å². The third-order valence-corrected chi connectivity index (χ3v) is 3.58.